The van der Waals surface area contributed by atoms with E-state index in [1.54, 1.807) is 18.2 Å². The van der Waals surface area contributed by atoms with Crippen LogP contribution in [0.15, 0.2) is 53.4 Å². The predicted octanol–water partition coefficient (Wildman–Crippen LogP) is 1.43. The molecule has 0 aliphatic carbocycles. The molecular formula is C16H17FN2O4S. The molecule has 128 valence electrons. The van der Waals surface area contributed by atoms with Gasteiger partial charge in [-0.2, -0.15) is 0 Å². The molecule has 2 N–H and O–H groups in total. The maximum Gasteiger partial charge on any atom is 0.258 e. The van der Waals surface area contributed by atoms with Crippen LogP contribution in [0.4, 0.5) is 4.39 Å². The Kier molecular flexibility index (Phi) is 5.88. The fourth-order valence-electron chi connectivity index (χ4n) is 1.86. The molecule has 0 radical (unpaired) electrons. The number of hydrogen-bond acceptors (Lipinski definition) is 4. The van der Waals surface area contributed by atoms with E-state index in [2.05, 4.69) is 10.0 Å². The Labute approximate surface area is 139 Å². The smallest absolute Gasteiger partial charge is 0.258 e. The highest BCUT2D eigenvalue weighted by molar-refractivity contribution is 7.89. The lowest BCUT2D eigenvalue weighted by Gasteiger charge is -2.08. The summed E-state index contributed by atoms with van der Waals surface area (Å²) in [5.74, 6) is -0.539. The lowest BCUT2D eigenvalue weighted by Crippen LogP contribution is -2.28. The topological polar surface area (TPSA) is 84.5 Å². The first-order valence-electron chi connectivity index (χ1n) is 7.08. The largest absolute Gasteiger partial charge is 0.484 e. The van der Waals surface area contributed by atoms with Gasteiger partial charge in [0.05, 0.1) is 4.90 Å². The van der Waals surface area contributed by atoms with Crippen LogP contribution in [0.3, 0.4) is 0 Å². The quantitative estimate of drug-likeness (QED) is 0.789. The van der Waals surface area contributed by atoms with Gasteiger partial charge in [-0.25, -0.2) is 17.5 Å². The lowest BCUT2D eigenvalue weighted by atomic mass is 10.2. The van der Waals surface area contributed by atoms with Crippen molar-refractivity contribution in [2.24, 2.45) is 0 Å². The average Bonchev–Trinajstić information content (AvgIpc) is 2.58. The van der Waals surface area contributed by atoms with E-state index in [-0.39, 0.29) is 29.7 Å². The molecule has 0 aliphatic rings. The van der Waals surface area contributed by atoms with Gasteiger partial charge in [0.25, 0.3) is 5.91 Å². The van der Waals surface area contributed by atoms with E-state index in [4.69, 9.17) is 4.74 Å². The highest BCUT2D eigenvalue weighted by atomic mass is 32.2. The maximum absolute atomic E-state index is 13.0. The SMILES string of the molecule is CNS(=O)(=O)c1ccc(CNC(=O)COc2cccc(F)c2)cc1. The summed E-state index contributed by atoms with van der Waals surface area (Å²) in [6.07, 6.45) is 0. The normalized spacial score (nSPS) is 11.1. The van der Waals surface area contributed by atoms with Gasteiger partial charge in [-0.15, -0.1) is 0 Å². The van der Waals surface area contributed by atoms with Crippen LogP contribution in [-0.2, 0) is 21.4 Å². The molecule has 0 saturated carbocycles. The molecule has 2 aromatic carbocycles. The highest BCUT2D eigenvalue weighted by Gasteiger charge is 2.10. The number of hydrogen-bond donors (Lipinski definition) is 2. The van der Waals surface area contributed by atoms with Crippen LogP contribution < -0.4 is 14.8 Å². The maximum atomic E-state index is 13.0. The van der Waals surface area contributed by atoms with Crippen molar-refractivity contribution in [2.75, 3.05) is 13.7 Å². The molecule has 2 rings (SSSR count). The van der Waals surface area contributed by atoms with Crippen LogP contribution in [0, 0.1) is 5.82 Å². The summed E-state index contributed by atoms with van der Waals surface area (Å²) in [5.41, 5.74) is 0.740. The van der Waals surface area contributed by atoms with E-state index in [1.807, 2.05) is 0 Å². The number of amides is 1. The van der Waals surface area contributed by atoms with E-state index in [0.29, 0.717) is 0 Å². The Morgan fingerprint density at radius 2 is 1.88 bits per heavy atom. The van der Waals surface area contributed by atoms with Gasteiger partial charge in [0.1, 0.15) is 11.6 Å². The number of benzene rings is 2. The molecule has 0 atom stereocenters. The van der Waals surface area contributed by atoms with E-state index in [0.717, 1.165) is 5.56 Å². The van der Waals surface area contributed by atoms with Crippen LogP contribution in [0.25, 0.3) is 0 Å². The van der Waals surface area contributed by atoms with Gasteiger partial charge < -0.3 is 10.1 Å². The van der Waals surface area contributed by atoms with Crippen molar-refractivity contribution in [3.05, 3.63) is 59.9 Å². The number of ether oxygens (including phenoxy) is 1. The molecule has 0 heterocycles. The molecule has 24 heavy (non-hydrogen) atoms. The van der Waals surface area contributed by atoms with Gasteiger partial charge in [-0.05, 0) is 36.9 Å². The van der Waals surface area contributed by atoms with Crippen LogP contribution in [0.2, 0.25) is 0 Å². The van der Waals surface area contributed by atoms with Gasteiger partial charge in [-0.3, -0.25) is 4.79 Å². The second-order valence-electron chi connectivity index (χ2n) is 4.87. The molecule has 0 aromatic heterocycles. The molecular weight excluding hydrogens is 335 g/mol. The van der Waals surface area contributed by atoms with Crippen molar-refractivity contribution in [1.82, 2.24) is 10.0 Å². The zero-order chi connectivity index (χ0) is 17.6. The van der Waals surface area contributed by atoms with Gasteiger partial charge in [0.15, 0.2) is 6.61 Å². The Balaban J connectivity index is 1.83. The summed E-state index contributed by atoms with van der Waals surface area (Å²) in [4.78, 5) is 11.9. The van der Waals surface area contributed by atoms with Crippen molar-refractivity contribution in [1.29, 1.82) is 0 Å². The molecule has 1 amide bonds. The summed E-state index contributed by atoms with van der Waals surface area (Å²) < 4.78 is 43.6. The first-order valence-corrected chi connectivity index (χ1v) is 8.56. The molecule has 0 fully saturated rings. The highest BCUT2D eigenvalue weighted by Crippen LogP contribution is 2.12. The fraction of sp³-hybridized carbons (Fsp3) is 0.188. The molecule has 0 bridgehead atoms. The van der Waals surface area contributed by atoms with Gasteiger partial charge in [0.2, 0.25) is 10.0 Å². The molecule has 0 spiro atoms. The number of halogens is 1. The molecule has 6 nitrogen and oxygen atoms in total. The van der Waals surface area contributed by atoms with E-state index >= 15 is 0 Å². The number of rotatable bonds is 7. The van der Waals surface area contributed by atoms with E-state index < -0.39 is 15.8 Å². The monoisotopic (exact) mass is 352 g/mol. The van der Waals surface area contributed by atoms with Crippen molar-refractivity contribution >= 4 is 15.9 Å². The molecule has 8 heteroatoms. The van der Waals surface area contributed by atoms with Crippen molar-refractivity contribution < 1.29 is 22.3 Å². The van der Waals surface area contributed by atoms with Crippen molar-refractivity contribution in [3.8, 4) is 5.75 Å². The van der Waals surface area contributed by atoms with Crippen LogP contribution in [0.1, 0.15) is 5.56 Å². The van der Waals surface area contributed by atoms with E-state index in [9.17, 15) is 17.6 Å². The van der Waals surface area contributed by atoms with Gasteiger partial charge >= 0.3 is 0 Å². The number of sulfonamides is 1. The Bertz CT molecular complexity index is 807. The zero-order valence-corrected chi connectivity index (χ0v) is 13.8. The molecule has 2 aromatic rings. The third-order valence-electron chi connectivity index (χ3n) is 3.16. The third kappa shape index (κ3) is 5.04. The molecule has 0 saturated heterocycles. The van der Waals surface area contributed by atoms with Crippen molar-refractivity contribution in [2.45, 2.75) is 11.4 Å². The number of nitrogens with one attached hydrogen (secondary N) is 2. The number of carbonyl (C=O) groups excluding carboxylic acids is 1. The first-order chi connectivity index (χ1) is 11.4. The predicted molar refractivity (Wildman–Crippen MR) is 86.4 cm³/mol. The van der Waals surface area contributed by atoms with Crippen molar-refractivity contribution in [3.63, 3.8) is 0 Å². The fourth-order valence-corrected chi connectivity index (χ4v) is 2.59. The second-order valence-corrected chi connectivity index (χ2v) is 6.76. The Hall–Kier alpha value is -2.45. The average molecular weight is 352 g/mol. The molecule has 0 unspecified atom stereocenters. The zero-order valence-electron chi connectivity index (χ0n) is 13.0. The standard InChI is InChI=1S/C16H17FN2O4S/c1-18-24(21,22)15-7-5-12(6-8-15)10-19-16(20)11-23-14-4-2-3-13(17)9-14/h2-9,18H,10-11H2,1H3,(H,19,20). The van der Waals surface area contributed by atoms with Gasteiger partial charge in [-0.1, -0.05) is 18.2 Å². The Morgan fingerprint density at radius 3 is 2.50 bits per heavy atom. The summed E-state index contributed by atoms with van der Waals surface area (Å²) >= 11 is 0. The van der Waals surface area contributed by atoms with Gasteiger partial charge in [0, 0.05) is 12.6 Å². The first kappa shape index (κ1) is 17.9. The second kappa shape index (κ2) is 7.89. The minimum atomic E-state index is -3.48. The minimum Gasteiger partial charge on any atom is -0.484 e. The number of carbonyl (C=O) groups is 1. The summed E-state index contributed by atoms with van der Waals surface area (Å²) in [6.45, 7) is -0.0130. The third-order valence-corrected chi connectivity index (χ3v) is 4.59. The summed E-state index contributed by atoms with van der Waals surface area (Å²) in [7, 11) is -2.14. The summed E-state index contributed by atoms with van der Waals surface area (Å²) in [5, 5.41) is 2.63. The minimum absolute atomic E-state index is 0.148. The Morgan fingerprint density at radius 1 is 1.17 bits per heavy atom. The lowest BCUT2D eigenvalue weighted by molar-refractivity contribution is -0.123. The summed E-state index contributed by atoms with van der Waals surface area (Å²) in [6, 6.07) is 11.6. The van der Waals surface area contributed by atoms with Crippen LogP contribution >= 0.6 is 0 Å². The van der Waals surface area contributed by atoms with Crippen LogP contribution in [0.5, 0.6) is 5.75 Å². The molecule has 0 aliphatic heterocycles. The van der Waals surface area contributed by atoms with Crippen LogP contribution in [-0.4, -0.2) is 28.0 Å². The van der Waals surface area contributed by atoms with E-state index in [1.165, 1.54) is 37.4 Å².